The smallest absolute Gasteiger partial charge is 0.156 e. The van der Waals surface area contributed by atoms with E-state index < -0.39 is 17.0 Å². The van der Waals surface area contributed by atoms with Crippen molar-refractivity contribution in [3.63, 3.8) is 0 Å². The van der Waals surface area contributed by atoms with Gasteiger partial charge in [0.1, 0.15) is 5.60 Å². The first-order valence-electron chi connectivity index (χ1n) is 6.28. The third kappa shape index (κ3) is 3.05. The first-order chi connectivity index (χ1) is 9.14. The van der Waals surface area contributed by atoms with E-state index in [1.807, 2.05) is 0 Å². The number of hydrogen-bond acceptors (Lipinski definition) is 5. The second-order valence-electron chi connectivity index (χ2n) is 5.50. The molecule has 2 unspecified atom stereocenters. The predicted octanol–water partition coefficient (Wildman–Crippen LogP) is -0.112. The van der Waals surface area contributed by atoms with Crippen LogP contribution in [0, 0.1) is 5.41 Å². The molecule has 0 fully saturated rings. The fraction of sp³-hybridized carbons (Fsp3) is 0.467. The molecule has 0 bridgehead atoms. The molecular formula is C15H19O5-. The lowest BCUT2D eigenvalue weighted by Crippen LogP contribution is -2.52. The molecular weight excluding hydrogens is 260 g/mol. The monoisotopic (exact) mass is 279 g/mol. The maximum absolute atomic E-state index is 11.6. The van der Waals surface area contributed by atoms with Gasteiger partial charge in [-0.05, 0) is 43.2 Å². The number of carboxylic acid groups (broad SMARTS) is 1. The summed E-state index contributed by atoms with van der Waals surface area (Å²) in [5.41, 5.74) is -1.73. The third-order valence-electron chi connectivity index (χ3n) is 3.75. The van der Waals surface area contributed by atoms with Crippen molar-refractivity contribution in [2.75, 3.05) is 6.61 Å². The highest BCUT2D eigenvalue weighted by Gasteiger charge is 2.49. The zero-order valence-electron chi connectivity index (χ0n) is 11.8. The lowest BCUT2D eigenvalue weighted by atomic mass is 9.64. The highest BCUT2D eigenvalue weighted by atomic mass is 16.4. The van der Waals surface area contributed by atoms with Crippen LogP contribution < -0.4 is 5.11 Å². The van der Waals surface area contributed by atoms with Gasteiger partial charge in [-0.15, -0.1) is 0 Å². The molecule has 0 aliphatic heterocycles. The summed E-state index contributed by atoms with van der Waals surface area (Å²) in [7, 11) is 0. The van der Waals surface area contributed by atoms with Crippen molar-refractivity contribution in [2.24, 2.45) is 5.41 Å². The van der Waals surface area contributed by atoms with Gasteiger partial charge < -0.3 is 20.1 Å². The minimum atomic E-state index is -1.50. The SMILES string of the molecule is CC1=CC(=O)CC(C)(CO)C1(O)/C=C/C(C)=C/C(=O)[O-]. The van der Waals surface area contributed by atoms with Gasteiger partial charge in [0.2, 0.25) is 0 Å². The summed E-state index contributed by atoms with van der Waals surface area (Å²) in [6.07, 6.45) is 5.13. The Morgan fingerprint density at radius 3 is 2.65 bits per heavy atom. The highest BCUT2D eigenvalue weighted by Crippen LogP contribution is 2.44. The van der Waals surface area contributed by atoms with Crippen molar-refractivity contribution < 1.29 is 24.9 Å². The van der Waals surface area contributed by atoms with E-state index in [9.17, 15) is 24.9 Å². The molecule has 0 saturated carbocycles. The molecule has 5 nitrogen and oxygen atoms in total. The number of aliphatic hydroxyl groups is 2. The molecule has 0 saturated heterocycles. The second kappa shape index (κ2) is 5.73. The Labute approximate surface area is 117 Å². The molecule has 1 aliphatic carbocycles. The van der Waals surface area contributed by atoms with Gasteiger partial charge in [0.05, 0.1) is 12.6 Å². The second-order valence-corrected chi connectivity index (χ2v) is 5.50. The molecule has 0 heterocycles. The van der Waals surface area contributed by atoms with Gasteiger partial charge in [-0.3, -0.25) is 4.79 Å². The van der Waals surface area contributed by atoms with Gasteiger partial charge >= 0.3 is 0 Å². The number of carboxylic acids is 1. The number of carbonyl (C=O) groups is 2. The largest absolute Gasteiger partial charge is 0.545 e. The number of ketones is 1. The molecule has 0 aromatic carbocycles. The molecule has 0 radical (unpaired) electrons. The van der Waals surface area contributed by atoms with Crippen LogP contribution in [-0.2, 0) is 9.59 Å². The van der Waals surface area contributed by atoms with Crippen LogP contribution >= 0.6 is 0 Å². The number of aliphatic carboxylic acids is 1. The summed E-state index contributed by atoms with van der Waals surface area (Å²) in [5.74, 6) is -1.48. The van der Waals surface area contributed by atoms with Crippen LogP contribution in [0.25, 0.3) is 0 Å². The fourth-order valence-corrected chi connectivity index (χ4v) is 2.39. The fourth-order valence-electron chi connectivity index (χ4n) is 2.39. The molecule has 5 heteroatoms. The molecule has 0 aromatic heterocycles. The van der Waals surface area contributed by atoms with Gasteiger partial charge in [0.15, 0.2) is 5.78 Å². The molecule has 2 atom stereocenters. The van der Waals surface area contributed by atoms with E-state index in [1.165, 1.54) is 18.2 Å². The first-order valence-corrected chi connectivity index (χ1v) is 6.28. The summed E-state index contributed by atoms with van der Waals surface area (Å²) in [4.78, 5) is 22.1. The number of rotatable bonds is 4. The number of carbonyl (C=O) groups excluding carboxylic acids is 2. The number of allylic oxidation sites excluding steroid dienone is 3. The van der Waals surface area contributed by atoms with E-state index in [-0.39, 0.29) is 18.8 Å². The Bertz CT molecular complexity index is 514. The van der Waals surface area contributed by atoms with Crippen LogP contribution in [0.2, 0.25) is 0 Å². The van der Waals surface area contributed by atoms with E-state index in [0.29, 0.717) is 11.1 Å². The number of hydrogen-bond donors (Lipinski definition) is 2. The van der Waals surface area contributed by atoms with Crippen molar-refractivity contribution >= 4 is 11.8 Å². The molecule has 110 valence electrons. The van der Waals surface area contributed by atoms with Gasteiger partial charge in [0, 0.05) is 11.8 Å². The Hall–Kier alpha value is -1.72. The Morgan fingerprint density at radius 2 is 2.15 bits per heavy atom. The van der Waals surface area contributed by atoms with Crippen LogP contribution in [0.1, 0.15) is 27.2 Å². The van der Waals surface area contributed by atoms with E-state index in [1.54, 1.807) is 20.8 Å². The lowest BCUT2D eigenvalue weighted by Gasteiger charge is -2.45. The van der Waals surface area contributed by atoms with E-state index in [2.05, 4.69) is 0 Å². The standard InChI is InChI=1S/C15H20O5/c1-10(6-13(18)19)4-5-15(20)11(2)7-12(17)8-14(15,3)9-16/h4-7,16,20H,8-9H2,1-3H3,(H,18,19)/p-1/b5-4+,10-6+. The molecule has 0 aromatic rings. The maximum atomic E-state index is 11.6. The van der Waals surface area contributed by atoms with E-state index in [4.69, 9.17) is 0 Å². The van der Waals surface area contributed by atoms with Crippen LogP contribution in [0.3, 0.4) is 0 Å². The van der Waals surface area contributed by atoms with Crippen molar-refractivity contribution in [3.8, 4) is 0 Å². The van der Waals surface area contributed by atoms with Crippen LogP contribution in [0.5, 0.6) is 0 Å². The zero-order chi connectivity index (χ0) is 15.6. The topological polar surface area (TPSA) is 97.7 Å². The quantitative estimate of drug-likeness (QED) is 0.552. The third-order valence-corrected chi connectivity index (χ3v) is 3.75. The normalized spacial score (nSPS) is 31.6. The molecule has 20 heavy (non-hydrogen) atoms. The lowest BCUT2D eigenvalue weighted by molar-refractivity contribution is -0.297. The Balaban J connectivity index is 3.22. The van der Waals surface area contributed by atoms with Crippen molar-refractivity contribution in [2.45, 2.75) is 32.8 Å². The van der Waals surface area contributed by atoms with Crippen molar-refractivity contribution in [1.82, 2.24) is 0 Å². The predicted molar refractivity (Wildman–Crippen MR) is 71.4 cm³/mol. The van der Waals surface area contributed by atoms with E-state index in [0.717, 1.165) is 6.08 Å². The van der Waals surface area contributed by atoms with Gasteiger partial charge in [0.25, 0.3) is 0 Å². The molecule has 0 spiro atoms. The van der Waals surface area contributed by atoms with Gasteiger partial charge in [-0.2, -0.15) is 0 Å². The molecule has 1 aliphatic rings. The summed E-state index contributed by atoms with van der Waals surface area (Å²) >= 11 is 0. The van der Waals surface area contributed by atoms with Crippen LogP contribution in [0.15, 0.2) is 35.5 Å². The Morgan fingerprint density at radius 1 is 1.55 bits per heavy atom. The summed E-state index contributed by atoms with van der Waals surface area (Å²) < 4.78 is 0. The maximum Gasteiger partial charge on any atom is 0.156 e. The first kappa shape index (κ1) is 16.3. The summed E-state index contributed by atoms with van der Waals surface area (Å²) in [5, 5.41) is 30.8. The molecule has 2 N–H and O–H groups in total. The van der Waals surface area contributed by atoms with Gasteiger partial charge in [-0.25, -0.2) is 0 Å². The van der Waals surface area contributed by atoms with Crippen molar-refractivity contribution in [1.29, 1.82) is 0 Å². The summed E-state index contributed by atoms with van der Waals surface area (Å²) in [6, 6.07) is 0. The van der Waals surface area contributed by atoms with Gasteiger partial charge in [-0.1, -0.05) is 13.0 Å². The van der Waals surface area contributed by atoms with Crippen LogP contribution in [-0.4, -0.2) is 34.2 Å². The average molecular weight is 279 g/mol. The summed E-state index contributed by atoms with van der Waals surface area (Å²) in [6.45, 7) is 4.41. The zero-order valence-corrected chi connectivity index (χ0v) is 11.8. The molecule has 0 amide bonds. The molecule has 1 rings (SSSR count). The highest BCUT2D eigenvalue weighted by molar-refractivity contribution is 5.93. The minimum Gasteiger partial charge on any atom is -0.545 e. The van der Waals surface area contributed by atoms with E-state index >= 15 is 0 Å². The number of aliphatic hydroxyl groups excluding tert-OH is 1. The van der Waals surface area contributed by atoms with Crippen molar-refractivity contribution in [3.05, 3.63) is 35.5 Å². The average Bonchev–Trinajstić information content (AvgIpc) is 2.33. The van der Waals surface area contributed by atoms with Crippen LogP contribution in [0.4, 0.5) is 0 Å². The Kier molecular flexibility index (Phi) is 4.68. The minimum absolute atomic E-state index is 0.0188.